The van der Waals surface area contributed by atoms with Gasteiger partial charge in [0.2, 0.25) is 5.91 Å². The van der Waals surface area contributed by atoms with Gasteiger partial charge < -0.3 is 15.0 Å². The molecular weight excluding hydrogens is 242 g/mol. The minimum atomic E-state index is 0.141. The van der Waals surface area contributed by atoms with E-state index in [1.165, 1.54) is 0 Å². The molecule has 5 nitrogen and oxygen atoms in total. The zero-order chi connectivity index (χ0) is 14.0. The predicted octanol–water partition coefficient (Wildman–Crippen LogP) is 0.0262. The lowest BCUT2D eigenvalue weighted by molar-refractivity contribution is -0.126. The van der Waals surface area contributed by atoms with Gasteiger partial charge in [0.15, 0.2) is 0 Å². The molecule has 1 N–H and O–H groups in total. The summed E-state index contributed by atoms with van der Waals surface area (Å²) in [5.74, 6) is 0.141. The third-order valence-corrected chi connectivity index (χ3v) is 4.14. The molecule has 5 heteroatoms. The van der Waals surface area contributed by atoms with E-state index < -0.39 is 0 Å². The van der Waals surface area contributed by atoms with Gasteiger partial charge in [0.05, 0.1) is 6.54 Å². The van der Waals surface area contributed by atoms with E-state index in [4.69, 9.17) is 0 Å². The minimum absolute atomic E-state index is 0.141. The smallest absolute Gasteiger partial charge is 0.249 e. The van der Waals surface area contributed by atoms with Crippen LogP contribution in [-0.4, -0.2) is 66.8 Å². The van der Waals surface area contributed by atoms with Crippen LogP contribution in [0.25, 0.3) is 0 Å². The number of hydrogen-bond donors (Lipinski definition) is 1. The maximum Gasteiger partial charge on any atom is 0.249 e. The van der Waals surface area contributed by atoms with E-state index in [1.54, 1.807) is 0 Å². The van der Waals surface area contributed by atoms with Crippen molar-refractivity contribution in [1.29, 1.82) is 0 Å². The topological polar surface area (TPSA) is 52.7 Å². The fourth-order valence-corrected chi connectivity index (χ4v) is 2.83. The number of amides is 1. The molecule has 0 spiro atoms. The Labute approximate surface area is 114 Å². The summed E-state index contributed by atoms with van der Waals surface area (Å²) in [7, 11) is 0. The highest BCUT2D eigenvalue weighted by molar-refractivity contribution is 5.96. The third kappa shape index (κ3) is 3.04. The summed E-state index contributed by atoms with van der Waals surface area (Å²) in [6, 6.07) is 0.621. The van der Waals surface area contributed by atoms with Gasteiger partial charge in [0, 0.05) is 43.8 Å². The Morgan fingerprint density at radius 1 is 1.42 bits per heavy atom. The number of piperazine rings is 1. The van der Waals surface area contributed by atoms with Crippen molar-refractivity contribution < 1.29 is 9.59 Å². The zero-order valence-electron chi connectivity index (χ0n) is 12.0. The molecule has 0 aromatic rings. The molecule has 0 bridgehead atoms. The maximum absolute atomic E-state index is 12.1. The molecule has 1 amide bonds. The van der Waals surface area contributed by atoms with Crippen molar-refractivity contribution in [3.63, 3.8) is 0 Å². The van der Waals surface area contributed by atoms with Crippen molar-refractivity contribution in [1.82, 2.24) is 15.1 Å². The second-order valence-corrected chi connectivity index (χ2v) is 5.67. The number of carbonyl (C=O) groups is 2. The number of carbonyl (C=O) groups excluding carboxylic acids is 2. The maximum atomic E-state index is 12.1. The van der Waals surface area contributed by atoms with Crippen molar-refractivity contribution in [2.75, 3.05) is 32.7 Å². The van der Waals surface area contributed by atoms with Crippen LogP contribution in [0.1, 0.15) is 20.8 Å². The van der Waals surface area contributed by atoms with Gasteiger partial charge in [-0.3, -0.25) is 9.69 Å². The SMILES string of the molecule is CC1=C(C)C(=O)N(C[C@H]2CNC(C)CN2CC=O)C1. The van der Waals surface area contributed by atoms with E-state index in [1.807, 2.05) is 18.7 Å². The summed E-state index contributed by atoms with van der Waals surface area (Å²) in [5.41, 5.74) is 2.03. The predicted molar refractivity (Wildman–Crippen MR) is 73.8 cm³/mol. The number of rotatable bonds is 4. The van der Waals surface area contributed by atoms with E-state index in [2.05, 4.69) is 17.1 Å². The Balaban J connectivity index is 1.98. The molecule has 1 fully saturated rings. The lowest BCUT2D eigenvalue weighted by Gasteiger charge is -2.40. The van der Waals surface area contributed by atoms with Crippen molar-refractivity contribution in [2.24, 2.45) is 0 Å². The van der Waals surface area contributed by atoms with E-state index in [0.29, 0.717) is 19.1 Å². The Kier molecular flexibility index (Phi) is 4.37. The molecule has 0 aromatic carbocycles. The Morgan fingerprint density at radius 2 is 2.16 bits per heavy atom. The van der Waals surface area contributed by atoms with Gasteiger partial charge in [-0.1, -0.05) is 0 Å². The van der Waals surface area contributed by atoms with Gasteiger partial charge in [-0.2, -0.15) is 0 Å². The molecule has 2 heterocycles. The van der Waals surface area contributed by atoms with E-state index in [9.17, 15) is 9.59 Å². The number of nitrogens with zero attached hydrogens (tertiary/aromatic N) is 2. The average Bonchev–Trinajstić information content (AvgIpc) is 2.61. The first-order valence-electron chi connectivity index (χ1n) is 6.89. The summed E-state index contributed by atoms with van der Waals surface area (Å²) in [4.78, 5) is 26.9. The molecular formula is C14H23N3O2. The standard InChI is InChI=1S/C14H23N3O2/c1-10-7-17(14(19)12(10)3)9-13-6-15-11(2)8-16(13)4-5-18/h5,11,13,15H,4,6-9H2,1-3H3/t11?,13-/m1/s1. The van der Waals surface area contributed by atoms with Crippen LogP contribution in [0.5, 0.6) is 0 Å². The average molecular weight is 265 g/mol. The van der Waals surface area contributed by atoms with Crippen molar-refractivity contribution in [3.8, 4) is 0 Å². The Bertz CT molecular complexity index is 405. The van der Waals surface area contributed by atoms with E-state index in [-0.39, 0.29) is 11.9 Å². The van der Waals surface area contributed by atoms with Crippen LogP contribution >= 0.6 is 0 Å². The molecule has 106 valence electrons. The Morgan fingerprint density at radius 3 is 2.74 bits per heavy atom. The van der Waals surface area contributed by atoms with Crippen LogP contribution in [0.15, 0.2) is 11.1 Å². The molecule has 0 aliphatic carbocycles. The quantitative estimate of drug-likeness (QED) is 0.729. The lowest BCUT2D eigenvalue weighted by atomic mass is 10.1. The van der Waals surface area contributed by atoms with Crippen molar-refractivity contribution in [3.05, 3.63) is 11.1 Å². The fraction of sp³-hybridized carbons (Fsp3) is 0.714. The summed E-state index contributed by atoms with van der Waals surface area (Å²) < 4.78 is 0. The molecule has 0 radical (unpaired) electrons. The van der Waals surface area contributed by atoms with Crippen LogP contribution in [-0.2, 0) is 9.59 Å². The van der Waals surface area contributed by atoms with Gasteiger partial charge in [-0.25, -0.2) is 0 Å². The van der Waals surface area contributed by atoms with Crippen LogP contribution in [0.3, 0.4) is 0 Å². The van der Waals surface area contributed by atoms with Crippen LogP contribution in [0, 0.1) is 0 Å². The fourth-order valence-electron chi connectivity index (χ4n) is 2.83. The molecule has 2 aliphatic heterocycles. The van der Waals surface area contributed by atoms with Gasteiger partial charge in [0.1, 0.15) is 6.29 Å². The molecule has 0 aromatic heterocycles. The molecule has 0 saturated carbocycles. The molecule has 2 atom stereocenters. The van der Waals surface area contributed by atoms with Crippen LogP contribution in [0.4, 0.5) is 0 Å². The number of aldehydes is 1. The normalized spacial score (nSPS) is 29.2. The highest BCUT2D eigenvalue weighted by Gasteiger charge is 2.31. The largest absolute Gasteiger partial charge is 0.333 e. The number of hydrogen-bond acceptors (Lipinski definition) is 4. The first-order valence-corrected chi connectivity index (χ1v) is 6.89. The summed E-state index contributed by atoms with van der Waals surface area (Å²) >= 11 is 0. The number of nitrogens with one attached hydrogen (secondary N) is 1. The second-order valence-electron chi connectivity index (χ2n) is 5.67. The molecule has 1 saturated heterocycles. The van der Waals surface area contributed by atoms with Crippen molar-refractivity contribution in [2.45, 2.75) is 32.9 Å². The molecule has 2 rings (SSSR count). The summed E-state index contributed by atoms with van der Waals surface area (Å²) in [6.07, 6.45) is 0.950. The van der Waals surface area contributed by atoms with Gasteiger partial charge in [0.25, 0.3) is 0 Å². The van der Waals surface area contributed by atoms with Crippen LogP contribution in [0.2, 0.25) is 0 Å². The highest BCUT2D eigenvalue weighted by atomic mass is 16.2. The van der Waals surface area contributed by atoms with E-state index >= 15 is 0 Å². The van der Waals surface area contributed by atoms with Gasteiger partial charge >= 0.3 is 0 Å². The minimum Gasteiger partial charge on any atom is -0.333 e. The molecule has 19 heavy (non-hydrogen) atoms. The zero-order valence-corrected chi connectivity index (χ0v) is 12.0. The lowest BCUT2D eigenvalue weighted by Crippen LogP contribution is -2.59. The third-order valence-electron chi connectivity index (χ3n) is 4.14. The first-order chi connectivity index (χ1) is 9.02. The summed E-state index contributed by atoms with van der Waals surface area (Å²) in [6.45, 7) is 9.58. The van der Waals surface area contributed by atoms with Crippen molar-refractivity contribution >= 4 is 12.2 Å². The van der Waals surface area contributed by atoms with Gasteiger partial charge in [-0.15, -0.1) is 0 Å². The molecule has 2 aliphatic rings. The molecule has 1 unspecified atom stereocenters. The summed E-state index contributed by atoms with van der Waals surface area (Å²) in [5, 5.41) is 3.42. The Hall–Kier alpha value is -1.20. The second kappa shape index (κ2) is 5.84. The first kappa shape index (κ1) is 14.2. The van der Waals surface area contributed by atoms with Gasteiger partial charge in [-0.05, 0) is 26.3 Å². The van der Waals surface area contributed by atoms with E-state index in [0.717, 1.165) is 37.1 Å². The highest BCUT2D eigenvalue weighted by Crippen LogP contribution is 2.19. The van der Waals surface area contributed by atoms with Crippen LogP contribution < -0.4 is 5.32 Å². The monoisotopic (exact) mass is 265 g/mol.